The molecule has 4 nitrogen and oxygen atoms in total. The Morgan fingerprint density at radius 2 is 2.00 bits per heavy atom. The van der Waals surface area contributed by atoms with Crippen LogP contribution in [-0.4, -0.2) is 27.3 Å². The van der Waals surface area contributed by atoms with E-state index in [9.17, 15) is 8.42 Å². The number of aryl methyl sites for hydroxylation is 1. The Hall–Kier alpha value is -0.430. The molecule has 1 rings (SSSR count). The van der Waals surface area contributed by atoms with E-state index in [0.717, 1.165) is 30.8 Å². The number of nitrogens with one attached hydrogen (secondary N) is 2. The molecule has 1 atom stereocenters. The Bertz CT molecular complexity index is 483. The zero-order chi connectivity index (χ0) is 15.0. The third-order valence-corrected chi connectivity index (χ3v) is 5.71. The molecule has 1 aromatic rings. The lowest BCUT2D eigenvalue weighted by atomic mass is 10.3. The maximum absolute atomic E-state index is 12.0. The van der Waals surface area contributed by atoms with E-state index < -0.39 is 10.0 Å². The Morgan fingerprint density at radius 1 is 1.25 bits per heavy atom. The Labute approximate surface area is 127 Å². The molecule has 0 saturated carbocycles. The van der Waals surface area contributed by atoms with E-state index in [1.807, 2.05) is 26.0 Å². The summed E-state index contributed by atoms with van der Waals surface area (Å²) < 4.78 is 26.7. The van der Waals surface area contributed by atoms with Gasteiger partial charge in [-0.1, -0.05) is 6.92 Å². The molecule has 1 unspecified atom stereocenters. The smallest absolute Gasteiger partial charge is 0.212 e. The van der Waals surface area contributed by atoms with Gasteiger partial charge in [0.2, 0.25) is 10.0 Å². The SMILES string of the molecule is CCCNCCCCS(=O)(=O)NC(C)c1ccc(C)s1. The second kappa shape index (κ2) is 8.77. The van der Waals surface area contributed by atoms with Crippen LogP contribution < -0.4 is 10.0 Å². The zero-order valence-corrected chi connectivity index (χ0v) is 14.2. The molecule has 0 aliphatic heterocycles. The van der Waals surface area contributed by atoms with Crippen LogP contribution in [0.15, 0.2) is 12.1 Å². The van der Waals surface area contributed by atoms with Gasteiger partial charge in [0.25, 0.3) is 0 Å². The number of rotatable bonds is 10. The fourth-order valence-corrected chi connectivity index (χ4v) is 4.24. The number of hydrogen-bond donors (Lipinski definition) is 2. The fourth-order valence-electron chi connectivity index (χ4n) is 1.92. The van der Waals surface area contributed by atoms with Crippen molar-refractivity contribution in [3.8, 4) is 0 Å². The summed E-state index contributed by atoms with van der Waals surface area (Å²) in [4.78, 5) is 2.27. The van der Waals surface area contributed by atoms with E-state index in [1.54, 1.807) is 11.3 Å². The van der Waals surface area contributed by atoms with Gasteiger partial charge in [0.15, 0.2) is 0 Å². The molecule has 0 aliphatic rings. The minimum Gasteiger partial charge on any atom is -0.317 e. The summed E-state index contributed by atoms with van der Waals surface area (Å²) in [5, 5.41) is 3.28. The first-order valence-corrected chi connectivity index (χ1v) is 9.68. The molecule has 0 fully saturated rings. The van der Waals surface area contributed by atoms with Crippen molar-refractivity contribution in [2.24, 2.45) is 0 Å². The van der Waals surface area contributed by atoms with Crippen molar-refractivity contribution in [2.45, 2.75) is 46.1 Å². The molecule has 1 heterocycles. The molecule has 6 heteroatoms. The largest absolute Gasteiger partial charge is 0.317 e. The van der Waals surface area contributed by atoms with E-state index in [-0.39, 0.29) is 11.8 Å². The molecular formula is C14H26N2O2S2. The molecule has 2 N–H and O–H groups in total. The van der Waals surface area contributed by atoms with E-state index in [1.165, 1.54) is 4.88 Å². The Morgan fingerprint density at radius 3 is 2.60 bits per heavy atom. The molecule has 0 aliphatic carbocycles. The summed E-state index contributed by atoms with van der Waals surface area (Å²) in [6, 6.07) is 3.86. The van der Waals surface area contributed by atoms with E-state index >= 15 is 0 Å². The molecule has 0 spiro atoms. The van der Waals surface area contributed by atoms with Gasteiger partial charge in [-0.25, -0.2) is 13.1 Å². The molecule has 0 amide bonds. The van der Waals surface area contributed by atoms with Gasteiger partial charge >= 0.3 is 0 Å². The number of thiophene rings is 1. The zero-order valence-electron chi connectivity index (χ0n) is 12.6. The van der Waals surface area contributed by atoms with Crippen LogP contribution in [0, 0.1) is 6.92 Å². The molecule has 0 saturated heterocycles. The molecular weight excluding hydrogens is 292 g/mol. The van der Waals surface area contributed by atoms with Crippen LogP contribution in [0.1, 0.15) is 48.9 Å². The molecule has 20 heavy (non-hydrogen) atoms. The quantitative estimate of drug-likeness (QED) is 0.652. The lowest BCUT2D eigenvalue weighted by Crippen LogP contribution is -2.29. The maximum atomic E-state index is 12.0. The third-order valence-electron chi connectivity index (χ3n) is 2.99. The van der Waals surface area contributed by atoms with Crippen molar-refractivity contribution in [3.05, 3.63) is 21.9 Å². The first-order chi connectivity index (χ1) is 9.44. The van der Waals surface area contributed by atoms with Crippen LogP contribution in [0.4, 0.5) is 0 Å². The maximum Gasteiger partial charge on any atom is 0.212 e. The van der Waals surface area contributed by atoms with E-state index in [4.69, 9.17) is 0 Å². The van der Waals surface area contributed by atoms with Crippen molar-refractivity contribution in [2.75, 3.05) is 18.8 Å². The minimum absolute atomic E-state index is 0.142. The van der Waals surface area contributed by atoms with Crippen LogP contribution in [0.2, 0.25) is 0 Å². The minimum atomic E-state index is -3.18. The van der Waals surface area contributed by atoms with Crippen molar-refractivity contribution in [3.63, 3.8) is 0 Å². The molecule has 116 valence electrons. The average molecular weight is 319 g/mol. The summed E-state index contributed by atoms with van der Waals surface area (Å²) in [5.74, 6) is 0.204. The van der Waals surface area contributed by atoms with Gasteiger partial charge in [-0.3, -0.25) is 0 Å². The first kappa shape index (κ1) is 17.6. The summed E-state index contributed by atoms with van der Waals surface area (Å²) in [6.07, 6.45) is 2.70. The average Bonchev–Trinajstić information content (AvgIpc) is 2.80. The summed E-state index contributed by atoms with van der Waals surface area (Å²) in [5.41, 5.74) is 0. The Kier molecular flexibility index (Phi) is 7.72. The molecule has 1 aromatic heterocycles. The predicted octanol–water partition coefficient (Wildman–Crippen LogP) is 2.82. The van der Waals surface area contributed by atoms with E-state index in [0.29, 0.717) is 6.42 Å². The van der Waals surface area contributed by atoms with Crippen molar-refractivity contribution in [1.29, 1.82) is 0 Å². The normalized spacial score (nSPS) is 13.6. The summed E-state index contributed by atoms with van der Waals surface area (Å²) >= 11 is 1.64. The molecule has 0 bridgehead atoms. The second-order valence-electron chi connectivity index (χ2n) is 5.06. The van der Waals surface area contributed by atoms with Gasteiger partial charge in [0.05, 0.1) is 11.8 Å². The lowest BCUT2D eigenvalue weighted by molar-refractivity contribution is 0.561. The van der Waals surface area contributed by atoms with Gasteiger partial charge in [-0.15, -0.1) is 11.3 Å². The molecule has 0 aromatic carbocycles. The summed E-state index contributed by atoms with van der Waals surface area (Å²) in [6.45, 7) is 7.93. The topological polar surface area (TPSA) is 58.2 Å². The van der Waals surface area contributed by atoms with Crippen LogP contribution in [0.25, 0.3) is 0 Å². The number of sulfonamides is 1. The van der Waals surface area contributed by atoms with Crippen LogP contribution in [0.5, 0.6) is 0 Å². The Balaban J connectivity index is 2.30. The second-order valence-corrected chi connectivity index (χ2v) is 8.26. The predicted molar refractivity (Wildman–Crippen MR) is 86.8 cm³/mol. The highest BCUT2D eigenvalue weighted by Crippen LogP contribution is 2.22. The van der Waals surface area contributed by atoms with Crippen molar-refractivity contribution >= 4 is 21.4 Å². The van der Waals surface area contributed by atoms with Crippen molar-refractivity contribution < 1.29 is 8.42 Å². The van der Waals surface area contributed by atoms with Gasteiger partial charge in [-0.2, -0.15) is 0 Å². The first-order valence-electron chi connectivity index (χ1n) is 7.21. The fraction of sp³-hybridized carbons (Fsp3) is 0.714. The highest BCUT2D eigenvalue weighted by Gasteiger charge is 2.16. The van der Waals surface area contributed by atoms with Gasteiger partial charge in [0, 0.05) is 9.75 Å². The monoisotopic (exact) mass is 318 g/mol. The number of hydrogen-bond acceptors (Lipinski definition) is 4. The number of unbranched alkanes of at least 4 members (excludes halogenated alkanes) is 1. The van der Waals surface area contributed by atoms with E-state index in [2.05, 4.69) is 17.0 Å². The van der Waals surface area contributed by atoms with Gasteiger partial charge in [-0.05, 0) is 58.3 Å². The standard InChI is InChI=1S/C14H26N2O2S2/c1-4-9-15-10-5-6-11-20(17,18)16-13(3)14-8-7-12(2)19-14/h7-8,13,15-16H,4-6,9-11H2,1-3H3. The highest BCUT2D eigenvalue weighted by atomic mass is 32.2. The van der Waals surface area contributed by atoms with Crippen molar-refractivity contribution in [1.82, 2.24) is 10.0 Å². The van der Waals surface area contributed by atoms with Crippen LogP contribution in [0.3, 0.4) is 0 Å². The van der Waals surface area contributed by atoms with Crippen LogP contribution >= 0.6 is 11.3 Å². The highest BCUT2D eigenvalue weighted by molar-refractivity contribution is 7.89. The van der Waals surface area contributed by atoms with Gasteiger partial charge < -0.3 is 5.32 Å². The summed E-state index contributed by atoms with van der Waals surface area (Å²) in [7, 11) is -3.18. The third kappa shape index (κ3) is 6.83. The lowest BCUT2D eigenvalue weighted by Gasteiger charge is -2.12. The molecule has 0 radical (unpaired) electrons. The van der Waals surface area contributed by atoms with Gasteiger partial charge in [0.1, 0.15) is 0 Å². The van der Waals surface area contributed by atoms with Crippen LogP contribution in [-0.2, 0) is 10.0 Å².